The SMILES string of the molecule is COc1ccccc1[C@H](C)NC(=O)COCCN. The van der Waals surface area contributed by atoms with Crippen LogP contribution >= 0.6 is 0 Å². The highest BCUT2D eigenvalue weighted by Gasteiger charge is 2.13. The monoisotopic (exact) mass is 252 g/mol. The van der Waals surface area contributed by atoms with E-state index in [4.69, 9.17) is 15.2 Å². The topological polar surface area (TPSA) is 73.6 Å². The highest BCUT2D eigenvalue weighted by atomic mass is 16.5. The minimum atomic E-state index is -0.165. The van der Waals surface area contributed by atoms with Crippen molar-refractivity contribution in [3.05, 3.63) is 29.8 Å². The van der Waals surface area contributed by atoms with Crippen LogP contribution in [0.1, 0.15) is 18.5 Å². The molecule has 1 amide bonds. The molecule has 1 aromatic carbocycles. The van der Waals surface area contributed by atoms with Gasteiger partial charge in [0.1, 0.15) is 12.4 Å². The summed E-state index contributed by atoms with van der Waals surface area (Å²) in [7, 11) is 1.61. The highest BCUT2D eigenvalue weighted by molar-refractivity contribution is 5.77. The Morgan fingerprint density at radius 3 is 2.83 bits per heavy atom. The van der Waals surface area contributed by atoms with E-state index in [1.54, 1.807) is 7.11 Å². The first kappa shape index (κ1) is 14.5. The molecule has 1 rings (SSSR count). The van der Waals surface area contributed by atoms with Gasteiger partial charge in [-0.05, 0) is 13.0 Å². The predicted molar refractivity (Wildman–Crippen MR) is 69.4 cm³/mol. The molecule has 0 saturated carbocycles. The maximum atomic E-state index is 11.6. The van der Waals surface area contributed by atoms with Crippen LogP contribution < -0.4 is 15.8 Å². The molecule has 0 aliphatic carbocycles. The van der Waals surface area contributed by atoms with E-state index < -0.39 is 0 Å². The Morgan fingerprint density at radius 2 is 2.17 bits per heavy atom. The molecule has 0 unspecified atom stereocenters. The molecule has 0 aromatic heterocycles. The molecule has 18 heavy (non-hydrogen) atoms. The molecule has 0 fully saturated rings. The maximum Gasteiger partial charge on any atom is 0.246 e. The first-order valence-corrected chi connectivity index (χ1v) is 5.89. The zero-order chi connectivity index (χ0) is 13.4. The Balaban J connectivity index is 2.53. The zero-order valence-corrected chi connectivity index (χ0v) is 10.8. The number of carbonyl (C=O) groups excluding carboxylic acids is 1. The number of rotatable bonds is 7. The number of carbonyl (C=O) groups is 1. The van der Waals surface area contributed by atoms with Crippen LogP contribution in [-0.2, 0) is 9.53 Å². The second kappa shape index (κ2) is 7.68. The number of hydrogen-bond donors (Lipinski definition) is 2. The van der Waals surface area contributed by atoms with Gasteiger partial charge in [-0.15, -0.1) is 0 Å². The molecule has 1 atom stereocenters. The van der Waals surface area contributed by atoms with Crippen molar-refractivity contribution in [2.75, 3.05) is 26.9 Å². The van der Waals surface area contributed by atoms with Gasteiger partial charge >= 0.3 is 0 Å². The third-order valence-corrected chi connectivity index (χ3v) is 2.48. The summed E-state index contributed by atoms with van der Waals surface area (Å²) in [6, 6.07) is 7.45. The lowest BCUT2D eigenvalue weighted by atomic mass is 10.1. The van der Waals surface area contributed by atoms with E-state index in [1.807, 2.05) is 31.2 Å². The molecule has 0 aliphatic heterocycles. The molecular formula is C13H20N2O3. The standard InChI is InChI=1S/C13H20N2O3/c1-10(15-13(16)9-18-8-7-14)11-5-3-4-6-12(11)17-2/h3-6,10H,7-9,14H2,1-2H3,(H,15,16)/t10-/m0/s1. The van der Waals surface area contributed by atoms with Gasteiger partial charge < -0.3 is 20.5 Å². The van der Waals surface area contributed by atoms with Crippen LogP contribution in [0.5, 0.6) is 5.75 Å². The molecule has 0 radical (unpaired) electrons. The smallest absolute Gasteiger partial charge is 0.246 e. The first-order valence-electron chi connectivity index (χ1n) is 5.89. The van der Waals surface area contributed by atoms with Crippen molar-refractivity contribution in [2.45, 2.75) is 13.0 Å². The summed E-state index contributed by atoms with van der Waals surface area (Å²) < 4.78 is 10.3. The third kappa shape index (κ3) is 4.35. The quantitative estimate of drug-likeness (QED) is 0.705. The van der Waals surface area contributed by atoms with Gasteiger partial charge in [-0.25, -0.2) is 0 Å². The molecular weight excluding hydrogens is 232 g/mol. The Hall–Kier alpha value is -1.59. The van der Waals surface area contributed by atoms with Crippen LogP contribution in [0.15, 0.2) is 24.3 Å². The largest absolute Gasteiger partial charge is 0.496 e. The number of nitrogens with two attached hydrogens (primary N) is 1. The molecule has 0 heterocycles. The lowest BCUT2D eigenvalue weighted by Gasteiger charge is -2.17. The van der Waals surface area contributed by atoms with Gasteiger partial charge in [0.15, 0.2) is 0 Å². The Morgan fingerprint density at radius 1 is 1.44 bits per heavy atom. The molecule has 0 aliphatic rings. The van der Waals surface area contributed by atoms with E-state index >= 15 is 0 Å². The number of amides is 1. The molecule has 0 spiro atoms. The van der Waals surface area contributed by atoms with E-state index in [2.05, 4.69) is 5.32 Å². The Kier molecular flexibility index (Phi) is 6.18. The van der Waals surface area contributed by atoms with Gasteiger partial charge in [0.25, 0.3) is 0 Å². The fourth-order valence-corrected chi connectivity index (χ4v) is 1.63. The van der Waals surface area contributed by atoms with E-state index in [1.165, 1.54) is 0 Å². The van der Waals surface area contributed by atoms with Gasteiger partial charge in [0, 0.05) is 12.1 Å². The molecule has 1 aromatic rings. The number of ether oxygens (including phenoxy) is 2. The van der Waals surface area contributed by atoms with Gasteiger partial charge in [-0.3, -0.25) is 4.79 Å². The Bertz CT molecular complexity index is 382. The maximum absolute atomic E-state index is 11.6. The van der Waals surface area contributed by atoms with Crippen molar-refractivity contribution in [1.29, 1.82) is 0 Å². The van der Waals surface area contributed by atoms with Crippen LogP contribution in [-0.4, -0.2) is 32.8 Å². The van der Waals surface area contributed by atoms with E-state index in [9.17, 15) is 4.79 Å². The number of nitrogens with one attached hydrogen (secondary N) is 1. The molecule has 5 nitrogen and oxygen atoms in total. The van der Waals surface area contributed by atoms with Gasteiger partial charge in [0.05, 0.1) is 19.8 Å². The third-order valence-electron chi connectivity index (χ3n) is 2.48. The normalized spacial score (nSPS) is 11.9. The lowest BCUT2D eigenvalue weighted by Crippen LogP contribution is -2.31. The number of para-hydroxylation sites is 1. The Labute approximate surface area is 107 Å². The predicted octanol–water partition coefficient (Wildman–Crippen LogP) is 0.848. The van der Waals surface area contributed by atoms with Gasteiger partial charge in [-0.1, -0.05) is 18.2 Å². The second-order valence-corrected chi connectivity index (χ2v) is 3.87. The second-order valence-electron chi connectivity index (χ2n) is 3.87. The number of methoxy groups -OCH3 is 1. The molecule has 100 valence electrons. The minimum Gasteiger partial charge on any atom is -0.496 e. The summed E-state index contributed by atoms with van der Waals surface area (Å²) in [5, 5.41) is 2.85. The number of hydrogen-bond acceptors (Lipinski definition) is 4. The van der Waals surface area contributed by atoms with Crippen molar-refractivity contribution >= 4 is 5.91 Å². The van der Waals surface area contributed by atoms with Crippen molar-refractivity contribution < 1.29 is 14.3 Å². The first-order chi connectivity index (χ1) is 8.69. The fourth-order valence-electron chi connectivity index (χ4n) is 1.63. The van der Waals surface area contributed by atoms with Crippen LogP contribution in [0.4, 0.5) is 0 Å². The molecule has 5 heteroatoms. The van der Waals surface area contributed by atoms with E-state index in [0.29, 0.717) is 13.2 Å². The molecule has 0 saturated heterocycles. The molecule has 3 N–H and O–H groups in total. The van der Waals surface area contributed by atoms with Crippen LogP contribution in [0.25, 0.3) is 0 Å². The van der Waals surface area contributed by atoms with Crippen LogP contribution in [0.2, 0.25) is 0 Å². The van der Waals surface area contributed by atoms with Crippen LogP contribution in [0, 0.1) is 0 Å². The summed E-state index contributed by atoms with van der Waals surface area (Å²) in [6.07, 6.45) is 0. The summed E-state index contributed by atoms with van der Waals surface area (Å²) in [4.78, 5) is 11.6. The highest BCUT2D eigenvalue weighted by Crippen LogP contribution is 2.23. The summed E-state index contributed by atoms with van der Waals surface area (Å²) in [5.41, 5.74) is 6.21. The van der Waals surface area contributed by atoms with Crippen LogP contribution in [0.3, 0.4) is 0 Å². The van der Waals surface area contributed by atoms with E-state index in [-0.39, 0.29) is 18.6 Å². The average molecular weight is 252 g/mol. The van der Waals surface area contributed by atoms with Gasteiger partial charge in [0.2, 0.25) is 5.91 Å². The lowest BCUT2D eigenvalue weighted by molar-refractivity contribution is -0.126. The minimum absolute atomic E-state index is 0.0245. The van der Waals surface area contributed by atoms with Crippen molar-refractivity contribution in [3.8, 4) is 5.75 Å². The van der Waals surface area contributed by atoms with Crippen molar-refractivity contribution in [3.63, 3.8) is 0 Å². The fraction of sp³-hybridized carbons (Fsp3) is 0.462. The molecule has 0 bridgehead atoms. The number of benzene rings is 1. The van der Waals surface area contributed by atoms with E-state index in [0.717, 1.165) is 11.3 Å². The summed E-state index contributed by atoms with van der Waals surface area (Å²) >= 11 is 0. The zero-order valence-electron chi connectivity index (χ0n) is 10.8. The van der Waals surface area contributed by atoms with Crippen molar-refractivity contribution in [1.82, 2.24) is 5.32 Å². The summed E-state index contributed by atoms with van der Waals surface area (Å²) in [5.74, 6) is 0.593. The summed E-state index contributed by atoms with van der Waals surface area (Å²) in [6.45, 7) is 2.72. The van der Waals surface area contributed by atoms with Gasteiger partial charge in [-0.2, -0.15) is 0 Å². The van der Waals surface area contributed by atoms with Crippen molar-refractivity contribution in [2.24, 2.45) is 5.73 Å². The average Bonchev–Trinajstić information content (AvgIpc) is 2.39.